The highest BCUT2D eigenvalue weighted by Crippen LogP contribution is 2.35. The Labute approximate surface area is 112 Å². The number of nitrogens with two attached hydrogens (primary N) is 1. The SMILES string of the molecule is Cc1ccc(F)c(Oc2ccc(C(F)(F)F)cc2N)c1. The number of rotatable bonds is 2. The van der Waals surface area contributed by atoms with Gasteiger partial charge in [-0.05, 0) is 42.8 Å². The van der Waals surface area contributed by atoms with Crippen molar-refractivity contribution >= 4 is 5.69 Å². The van der Waals surface area contributed by atoms with Crippen molar-refractivity contribution in [3.8, 4) is 11.5 Å². The molecule has 0 aliphatic carbocycles. The second-order valence-electron chi connectivity index (χ2n) is 4.29. The van der Waals surface area contributed by atoms with Crippen LogP contribution in [0.3, 0.4) is 0 Å². The van der Waals surface area contributed by atoms with E-state index in [1.54, 1.807) is 13.0 Å². The van der Waals surface area contributed by atoms with Gasteiger partial charge in [-0.1, -0.05) is 6.07 Å². The lowest BCUT2D eigenvalue weighted by atomic mass is 10.2. The van der Waals surface area contributed by atoms with Gasteiger partial charge in [0.15, 0.2) is 11.6 Å². The lowest BCUT2D eigenvalue weighted by molar-refractivity contribution is -0.137. The van der Waals surface area contributed by atoms with Gasteiger partial charge in [0.25, 0.3) is 0 Å². The molecule has 2 rings (SSSR count). The molecule has 0 unspecified atom stereocenters. The van der Waals surface area contributed by atoms with Crippen LogP contribution in [0.15, 0.2) is 36.4 Å². The molecule has 0 atom stereocenters. The normalized spacial score (nSPS) is 11.4. The van der Waals surface area contributed by atoms with Gasteiger partial charge in [-0.15, -0.1) is 0 Å². The zero-order valence-corrected chi connectivity index (χ0v) is 10.5. The van der Waals surface area contributed by atoms with Gasteiger partial charge in [-0.3, -0.25) is 0 Å². The molecule has 0 saturated carbocycles. The third-order valence-electron chi connectivity index (χ3n) is 2.64. The molecule has 2 N–H and O–H groups in total. The van der Waals surface area contributed by atoms with Crippen LogP contribution in [0.25, 0.3) is 0 Å². The topological polar surface area (TPSA) is 35.2 Å². The molecule has 0 bridgehead atoms. The van der Waals surface area contributed by atoms with Crippen molar-refractivity contribution in [2.45, 2.75) is 13.1 Å². The van der Waals surface area contributed by atoms with E-state index < -0.39 is 17.6 Å². The fourth-order valence-electron chi connectivity index (χ4n) is 1.62. The van der Waals surface area contributed by atoms with Gasteiger partial charge in [0.05, 0.1) is 11.3 Å². The Hall–Kier alpha value is -2.24. The van der Waals surface area contributed by atoms with Gasteiger partial charge in [-0.25, -0.2) is 4.39 Å². The summed E-state index contributed by atoms with van der Waals surface area (Å²) in [6.07, 6.45) is -4.48. The number of hydrogen-bond donors (Lipinski definition) is 1. The number of anilines is 1. The third kappa shape index (κ3) is 3.01. The third-order valence-corrected chi connectivity index (χ3v) is 2.64. The second kappa shape index (κ2) is 5.03. The maximum atomic E-state index is 13.5. The lowest BCUT2D eigenvalue weighted by Crippen LogP contribution is -2.06. The standard InChI is InChI=1S/C14H11F4NO/c1-8-2-4-10(15)13(6-8)20-12-5-3-9(7-11(12)19)14(16,17)18/h2-7H,19H2,1H3. The van der Waals surface area contributed by atoms with Crippen molar-refractivity contribution in [2.24, 2.45) is 0 Å². The maximum Gasteiger partial charge on any atom is 0.416 e. The molecule has 0 saturated heterocycles. The molecule has 6 heteroatoms. The molecule has 0 radical (unpaired) electrons. The molecule has 0 aromatic heterocycles. The van der Waals surface area contributed by atoms with Crippen molar-refractivity contribution in [3.05, 3.63) is 53.3 Å². The van der Waals surface area contributed by atoms with Gasteiger partial charge >= 0.3 is 6.18 Å². The predicted molar refractivity (Wildman–Crippen MR) is 67.1 cm³/mol. The van der Waals surface area contributed by atoms with E-state index in [9.17, 15) is 17.6 Å². The summed E-state index contributed by atoms with van der Waals surface area (Å²) < 4.78 is 56.2. The first-order valence-corrected chi connectivity index (χ1v) is 5.68. The Bertz CT molecular complexity index is 638. The van der Waals surface area contributed by atoms with Crippen molar-refractivity contribution in [1.29, 1.82) is 0 Å². The fraction of sp³-hybridized carbons (Fsp3) is 0.143. The number of hydrogen-bond acceptors (Lipinski definition) is 2. The van der Waals surface area contributed by atoms with E-state index in [-0.39, 0.29) is 17.2 Å². The largest absolute Gasteiger partial charge is 0.452 e. The van der Waals surface area contributed by atoms with Gasteiger partial charge in [0.2, 0.25) is 0 Å². The Balaban J connectivity index is 2.33. The van der Waals surface area contributed by atoms with Crippen LogP contribution in [0.5, 0.6) is 11.5 Å². The van der Waals surface area contributed by atoms with Crippen LogP contribution in [0.4, 0.5) is 23.2 Å². The molecular weight excluding hydrogens is 274 g/mol. The van der Waals surface area contributed by atoms with E-state index in [0.29, 0.717) is 0 Å². The minimum absolute atomic E-state index is 0.0255. The Kier molecular flexibility index (Phi) is 3.57. The first-order valence-electron chi connectivity index (χ1n) is 5.68. The number of nitrogen functional groups attached to an aromatic ring is 1. The molecule has 0 heterocycles. The van der Waals surface area contributed by atoms with E-state index in [2.05, 4.69) is 0 Å². The van der Waals surface area contributed by atoms with Gasteiger partial charge in [-0.2, -0.15) is 13.2 Å². The van der Waals surface area contributed by atoms with Crippen LogP contribution in [0.1, 0.15) is 11.1 Å². The fourth-order valence-corrected chi connectivity index (χ4v) is 1.62. The minimum Gasteiger partial charge on any atom is -0.452 e. The highest BCUT2D eigenvalue weighted by molar-refractivity contribution is 5.56. The van der Waals surface area contributed by atoms with Gasteiger partial charge in [0, 0.05) is 0 Å². The average molecular weight is 285 g/mol. The summed E-state index contributed by atoms with van der Waals surface area (Å²) in [4.78, 5) is 0. The molecule has 0 spiro atoms. The number of alkyl halides is 3. The molecule has 0 amide bonds. The smallest absolute Gasteiger partial charge is 0.416 e. The Morgan fingerprint density at radius 1 is 1.00 bits per heavy atom. The zero-order valence-electron chi connectivity index (χ0n) is 10.5. The van der Waals surface area contributed by atoms with Crippen molar-refractivity contribution < 1.29 is 22.3 Å². The Morgan fingerprint density at radius 3 is 2.30 bits per heavy atom. The highest BCUT2D eigenvalue weighted by atomic mass is 19.4. The van der Waals surface area contributed by atoms with Gasteiger partial charge < -0.3 is 10.5 Å². The van der Waals surface area contributed by atoms with Crippen LogP contribution >= 0.6 is 0 Å². The first kappa shape index (κ1) is 14.2. The van der Waals surface area contributed by atoms with Crippen LogP contribution in [0, 0.1) is 12.7 Å². The minimum atomic E-state index is -4.48. The van der Waals surface area contributed by atoms with Crippen LogP contribution in [0.2, 0.25) is 0 Å². The maximum absolute atomic E-state index is 13.5. The summed E-state index contributed by atoms with van der Waals surface area (Å²) in [5, 5.41) is 0. The molecule has 106 valence electrons. The zero-order chi connectivity index (χ0) is 14.9. The number of aryl methyl sites for hydroxylation is 1. The number of benzene rings is 2. The summed E-state index contributed by atoms with van der Waals surface area (Å²) in [5.74, 6) is -0.728. The van der Waals surface area contributed by atoms with Crippen LogP contribution in [-0.4, -0.2) is 0 Å². The number of halogens is 4. The lowest BCUT2D eigenvalue weighted by Gasteiger charge is -2.12. The molecular formula is C14H11F4NO. The predicted octanol–water partition coefficient (Wildman–Crippen LogP) is 4.53. The molecule has 0 fully saturated rings. The molecule has 20 heavy (non-hydrogen) atoms. The molecule has 2 aromatic carbocycles. The summed E-state index contributed by atoms with van der Waals surface area (Å²) in [5.41, 5.74) is 5.17. The molecule has 2 nitrogen and oxygen atoms in total. The van der Waals surface area contributed by atoms with E-state index in [1.165, 1.54) is 12.1 Å². The van der Waals surface area contributed by atoms with E-state index in [0.717, 1.165) is 23.8 Å². The first-order chi connectivity index (χ1) is 9.27. The summed E-state index contributed by atoms with van der Waals surface area (Å²) in [6.45, 7) is 1.74. The van der Waals surface area contributed by atoms with Gasteiger partial charge in [0.1, 0.15) is 5.75 Å². The summed E-state index contributed by atoms with van der Waals surface area (Å²) in [7, 11) is 0. The van der Waals surface area contributed by atoms with Crippen molar-refractivity contribution in [2.75, 3.05) is 5.73 Å². The van der Waals surface area contributed by atoms with Crippen LogP contribution < -0.4 is 10.5 Å². The second-order valence-corrected chi connectivity index (χ2v) is 4.29. The van der Waals surface area contributed by atoms with Crippen molar-refractivity contribution in [3.63, 3.8) is 0 Å². The average Bonchev–Trinajstić information content (AvgIpc) is 2.35. The van der Waals surface area contributed by atoms with Crippen LogP contribution in [-0.2, 0) is 6.18 Å². The number of ether oxygens (including phenoxy) is 1. The molecule has 2 aromatic rings. The monoisotopic (exact) mass is 285 g/mol. The van der Waals surface area contributed by atoms with Crippen molar-refractivity contribution in [1.82, 2.24) is 0 Å². The summed E-state index contributed by atoms with van der Waals surface area (Å²) >= 11 is 0. The van der Waals surface area contributed by atoms with E-state index in [4.69, 9.17) is 10.5 Å². The Morgan fingerprint density at radius 2 is 1.70 bits per heavy atom. The quantitative estimate of drug-likeness (QED) is 0.650. The van der Waals surface area contributed by atoms with E-state index in [1.807, 2.05) is 0 Å². The summed E-state index contributed by atoms with van der Waals surface area (Å²) in [6, 6.07) is 6.86. The molecule has 0 aliphatic heterocycles. The van der Waals surface area contributed by atoms with E-state index >= 15 is 0 Å². The highest BCUT2D eigenvalue weighted by Gasteiger charge is 2.31. The molecule has 0 aliphatic rings.